The summed E-state index contributed by atoms with van der Waals surface area (Å²) in [6.45, 7) is 9.03. The van der Waals surface area contributed by atoms with E-state index in [1.165, 1.54) is 6.20 Å². The van der Waals surface area contributed by atoms with E-state index >= 15 is 0 Å². The monoisotopic (exact) mass is 389 g/mol. The smallest absolute Gasteiger partial charge is 0.422 e. The summed E-state index contributed by atoms with van der Waals surface area (Å²) in [7, 11) is 1.64. The highest BCUT2D eigenvalue weighted by Crippen LogP contribution is 2.19. The summed E-state index contributed by atoms with van der Waals surface area (Å²) in [5.41, 5.74) is 0.524. The van der Waals surface area contributed by atoms with Gasteiger partial charge in [-0.05, 0) is 33.8 Å². The number of hydrogen-bond acceptors (Lipinski definition) is 4. The van der Waals surface area contributed by atoms with E-state index in [0.717, 1.165) is 6.54 Å². The molecule has 0 amide bonds. The van der Waals surface area contributed by atoms with Crippen molar-refractivity contribution in [1.29, 1.82) is 0 Å². The Hall–Kier alpha value is -2.03. The molecule has 0 aliphatic carbocycles. The molecule has 0 aliphatic heterocycles. The van der Waals surface area contributed by atoms with Crippen LogP contribution in [0.1, 0.15) is 33.3 Å². The third-order valence-electron chi connectivity index (χ3n) is 3.88. The van der Waals surface area contributed by atoms with Crippen LogP contribution in [0.2, 0.25) is 0 Å². The van der Waals surface area contributed by atoms with Gasteiger partial charge < -0.3 is 15.4 Å². The third kappa shape index (κ3) is 8.94. The standard InChI is InChI=1S/C18H30F3N5O/c1-13(2)26(14(3)4)10-9-24-17(22-5)25-11-15-7-6-8-23-16(15)27-12-18(19,20)21/h6-8,13-14H,9-12H2,1-5H3,(H2,22,24,25). The topological polar surface area (TPSA) is 61.8 Å². The molecule has 0 aliphatic rings. The van der Waals surface area contributed by atoms with Gasteiger partial charge in [0.1, 0.15) is 0 Å². The number of nitrogens with zero attached hydrogens (tertiary/aromatic N) is 3. The lowest BCUT2D eigenvalue weighted by Crippen LogP contribution is -2.45. The van der Waals surface area contributed by atoms with Crippen LogP contribution >= 0.6 is 0 Å². The third-order valence-corrected chi connectivity index (χ3v) is 3.88. The van der Waals surface area contributed by atoms with Crippen LogP contribution in [-0.2, 0) is 6.54 Å². The molecule has 0 unspecified atom stereocenters. The fourth-order valence-corrected chi connectivity index (χ4v) is 2.65. The van der Waals surface area contributed by atoms with Gasteiger partial charge in [-0.2, -0.15) is 13.2 Å². The molecular weight excluding hydrogens is 359 g/mol. The number of pyridine rings is 1. The van der Waals surface area contributed by atoms with Crippen molar-refractivity contribution in [1.82, 2.24) is 20.5 Å². The van der Waals surface area contributed by atoms with Gasteiger partial charge in [0.2, 0.25) is 5.88 Å². The Bertz CT molecular complexity index is 583. The zero-order chi connectivity index (χ0) is 20.4. The molecule has 0 spiro atoms. The zero-order valence-electron chi connectivity index (χ0n) is 16.6. The molecule has 2 N–H and O–H groups in total. The van der Waals surface area contributed by atoms with Crippen molar-refractivity contribution in [2.24, 2.45) is 4.99 Å². The summed E-state index contributed by atoms with van der Waals surface area (Å²) in [6.07, 6.45) is -3.01. The van der Waals surface area contributed by atoms with Crippen LogP contribution in [0.4, 0.5) is 13.2 Å². The van der Waals surface area contributed by atoms with E-state index in [9.17, 15) is 13.2 Å². The average molecular weight is 389 g/mol. The molecule has 9 heteroatoms. The summed E-state index contributed by atoms with van der Waals surface area (Å²) < 4.78 is 41.9. The fourth-order valence-electron chi connectivity index (χ4n) is 2.65. The van der Waals surface area contributed by atoms with Gasteiger partial charge in [0.25, 0.3) is 0 Å². The second-order valence-electron chi connectivity index (χ2n) is 6.65. The molecule has 0 radical (unpaired) electrons. The largest absolute Gasteiger partial charge is 0.468 e. The predicted molar refractivity (Wildman–Crippen MR) is 101 cm³/mol. The maximum absolute atomic E-state index is 12.4. The van der Waals surface area contributed by atoms with E-state index in [1.807, 2.05) is 0 Å². The average Bonchev–Trinajstić information content (AvgIpc) is 2.58. The van der Waals surface area contributed by atoms with Crippen molar-refractivity contribution in [3.63, 3.8) is 0 Å². The second kappa shape index (κ2) is 11.0. The first-order valence-corrected chi connectivity index (χ1v) is 8.97. The second-order valence-corrected chi connectivity index (χ2v) is 6.65. The summed E-state index contributed by atoms with van der Waals surface area (Å²) in [4.78, 5) is 10.4. The van der Waals surface area contributed by atoms with Crippen LogP contribution < -0.4 is 15.4 Å². The highest BCUT2D eigenvalue weighted by Gasteiger charge is 2.29. The summed E-state index contributed by atoms with van der Waals surface area (Å²) in [6, 6.07) is 4.19. The van der Waals surface area contributed by atoms with Crippen molar-refractivity contribution in [3.8, 4) is 5.88 Å². The van der Waals surface area contributed by atoms with Gasteiger partial charge in [0.15, 0.2) is 12.6 Å². The molecule has 0 saturated carbocycles. The molecule has 1 aromatic heterocycles. The van der Waals surface area contributed by atoms with Crippen LogP contribution in [0.25, 0.3) is 0 Å². The molecular formula is C18H30F3N5O. The van der Waals surface area contributed by atoms with Gasteiger partial charge in [0, 0.05) is 50.5 Å². The highest BCUT2D eigenvalue weighted by molar-refractivity contribution is 5.79. The Morgan fingerprint density at radius 3 is 2.44 bits per heavy atom. The van der Waals surface area contributed by atoms with Crippen molar-refractivity contribution < 1.29 is 17.9 Å². The molecule has 0 saturated heterocycles. The highest BCUT2D eigenvalue weighted by atomic mass is 19.4. The zero-order valence-corrected chi connectivity index (χ0v) is 16.6. The Morgan fingerprint density at radius 1 is 1.22 bits per heavy atom. The number of guanidine groups is 1. The molecule has 0 bridgehead atoms. The molecule has 154 valence electrons. The normalized spacial score (nSPS) is 12.8. The van der Waals surface area contributed by atoms with Crippen LogP contribution in [-0.4, -0.2) is 60.8 Å². The van der Waals surface area contributed by atoms with Crippen molar-refractivity contribution in [2.75, 3.05) is 26.7 Å². The van der Waals surface area contributed by atoms with Gasteiger partial charge in [-0.25, -0.2) is 4.98 Å². The number of hydrogen-bond donors (Lipinski definition) is 2. The summed E-state index contributed by atoms with van der Waals surface area (Å²) >= 11 is 0. The molecule has 6 nitrogen and oxygen atoms in total. The van der Waals surface area contributed by atoms with Gasteiger partial charge in [-0.1, -0.05) is 6.07 Å². The molecule has 1 heterocycles. The lowest BCUT2D eigenvalue weighted by atomic mass is 10.2. The van der Waals surface area contributed by atoms with Crippen LogP contribution in [0.5, 0.6) is 5.88 Å². The Kier molecular flexibility index (Phi) is 9.34. The van der Waals surface area contributed by atoms with Crippen LogP contribution in [0, 0.1) is 0 Å². The first-order valence-electron chi connectivity index (χ1n) is 8.97. The van der Waals surface area contributed by atoms with Crippen LogP contribution in [0.15, 0.2) is 23.3 Å². The Morgan fingerprint density at radius 2 is 1.89 bits per heavy atom. The van der Waals surface area contributed by atoms with E-state index in [4.69, 9.17) is 4.74 Å². The molecule has 0 atom stereocenters. The summed E-state index contributed by atoms with van der Waals surface area (Å²) in [5.74, 6) is 0.525. The number of aromatic nitrogens is 1. The Balaban J connectivity index is 2.56. The number of rotatable bonds is 9. The van der Waals surface area contributed by atoms with Crippen molar-refractivity contribution in [3.05, 3.63) is 23.9 Å². The number of alkyl halides is 3. The number of halogens is 3. The van der Waals surface area contributed by atoms with E-state index in [-0.39, 0.29) is 12.4 Å². The molecule has 1 aromatic rings. The molecule has 1 rings (SSSR count). The lowest BCUT2D eigenvalue weighted by molar-refractivity contribution is -0.154. The first kappa shape index (κ1) is 23.0. The SMILES string of the molecule is CN=C(NCCN(C(C)C)C(C)C)NCc1cccnc1OCC(F)(F)F. The van der Waals surface area contributed by atoms with Gasteiger partial charge in [0.05, 0.1) is 0 Å². The maximum Gasteiger partial charge on any atom is 0.422 e. The quantitative estimate of drug-likeness (QED) is 0.502. The lowest BCUT2D eigenvalue weighted by Gasteiger charge is -2.30. The van der Waals surface area contributed by atoms with E-state index in [0.29, 0.717) is 30.2 Å². The molecule has 0 aromatic carbocycles. The van der Waals surface area contributed by atoms with Gasteiger partial charge in [-0.3, -0.25) is 9.89 Å². The minimum atomic E-state index is -4.40. The fraction of sp³-hybridized carbons (Fsp3) is 0.667. The van der Waals surface area contributed by atoms with E-state index in [2.05, 4.69) is 53.2 Å². The maximum atomic E-state index is 12.4. The molecule has 0 fully saturated rings. The predicted octanol–water partition coefficient (Wildman–Crippen LogP) is 2.81. The minimum Gasteiger partial charge on any atom is -0.468 e. The van der Waals surface area contributed by atoms with Gasteiger partial charge in [-0.15, -0.1) is 0 Å². The summed E-state index contributed by atoms with van der Waals surface area (Å²) in [5, 5.41) is 6.29. The Labute approximate surface area is 159 Å². The van der Waals surface area contributed by atoms with Gasteiger partial charge >= 0.3 is 6.18 Å². The van der Waals surface area contributed by atoms with Crippen LogP contribution in [0.3, 0.4) is 0 Å². The van der Waals surface area contributed by atoms with E-state index in [1.54, 1.807) is 19.2 Å². The molecule has 27 heavy (non-hydrogen) atoms. The number of ether oxygens (including phenoxy) is 1. The number of aliphatic imine (C=N–C) groups is 1. The van der Waals surface area contributed by atoms with Crippen molar-refractivity contribution >= 4 is 5.96 Å². The first-order chi connectivity index (χ1) is 12.6. The van der Waals surface area contributed by atoms with E-state index < -0.39 is 12.8 Å². The van der Waals surface area contributed by atoms with Crippen molar-refractivity contribution in [2.45, 2.75) is 52.5 Å². The number of nitrogens with one attached hydrogen (secondary N) is 2. The minimum absolute atomic E-state index is 0.0384.